The number of para-hydroxylation sites is 1. The number of nitrogens with two attached hydrogens (primary N) is 1. The molecule has 1 amide bonds. The van der Waals surface area contributed by atoms with Gasteiger partial charge in [0.05, 0.1) is 0 Å². The van der Waals surface area contributed by atoms with Crippen molar-refractivity contribution in [3.8, 4) is 0 Å². The Morgan fingerprint density at radius 1 is 1.39 bits per heavy atom. The van der Waals surface area contributed by atoms with Gasteiger partial charge in [0.25, 0.3) is 0 Å². The normalized spacial score (nSPS) is 12.1. The number of rotatable bonds is 7. The van der Waals surface area contributed by atoms with E-state index >= 15 is 0 Å². The topological polar surface area (TPSA) is 72.2 Å². The lowest BCUT2D eigenvalue weighted by Crippen LogP contribution is -2.15. The summed E-state index contributed by atoms with van der Waals surface area (Å²) in [6, 6.07) is 7.48. The molecule has 18 heavy (non-hydrogen) atoms. The lowest BCUT2D eigenvalue weighted by atomic mass is 10.1. The third kappa shape index (κ3) is 4.98. The highest BCUT2D eigenvalue weighted by Gasteiger charge is 2.06. The van der Waals surface area contributed by atoms with E-state index in [1.807, 2.05) is 31.2 Å². The fraction of sp³-hybridized carbons (Fsp3) is 0.462. The van der Waals surface area contributed by atoms with Crippen LogP contribution in [0.3, 0.4) is 0 Å². The number of amides is 1. The third-order valence-electron chi connectivity index (χ3n) is 2.61. The van der Waals surface area contributed by atoms with Gasteiger partial charge in [-0.15, -0.1) is 0 Å². The first-order valence-electron chi connectivity index (χ1n) is 6.10. The molecule has 0 radical (unpaired) electrons. The van der Waals surface area contributed by atoms with Crippen LogP contribution >= 0.6 is 0 Å². The van der Waals surface area contributed by atoms with Crippen LogP contribution in [0.1, 0.15) is 25.3 Å². The van der Waals surface area contributed by atoms with Crippen molar-refractivity contribution in [2.75, 3.05) is 16.8 Å². The summed E-state index contributed by atoms with van der Waals surface area (Å²) in [5, 5.41) is 2.84. The second-order valence-corrected chi connectivity index (χ2v) is 5.81. The predicted molar refractivity (Wildman–Crippen MR) is 75.7 cm³/mol. The Morgan fingerprint density at radius 2 is 2.11 bits per heavy atom. The minimum Gasteiger partial charge on any atom is -0.326 e. The first-order valence-corrected chi connectivity index (χ1v) is 7.59. The van der Waals surface area contributed by atoms with Crippen LogP contribution in [0.15, 0.2) is 24.3 Å². The van der Waals surface area contributed by atoms with Gasteiger partial charge in [0.15, 0.2) is 0 Å². The predicted octanol–water partition coefficient (Wildman–Crippen LogP) is 1.63. The van der Waals surface area contributed by atoms with Crippen molar-refractivity contribution in [2.24, 2.45) is 5.73 Å². The van der Waals surface area contributed by atoms with E-state index in [0.29, 0.717) is 30.9 Å². The second-order valence-electron chi connectivity index (χ2n) is 3.95. The summed E-state index contributed by atoms with van der Waals surface area (Å²) in [5.41, 5.74) is 7.28. The Balaban J connectivity index is 2.42. The molecule has 4 nitrogen and oxygen atoms in total. The van der Waals surface area contributed by atoms with Crippen molar-refractivity contribution in [1.82, 2.24) is 0 Å². The quantitative estimate of drug-likeness (QED) is 0.789. The molecule has 0 aromatic heterocycles. The molecule has 0 aliphatic rings. The second kappa shape index (κ2) is 8.00. The van der Waals surface area contributed by atoms with E-state index in [1.54, 1.807) is 0 Å². The van der Waals surface area contributed by atoms with Gasteiger partial charge in [-0.1, -0.05) is 25.1 Å². The van der Waals surface area contributed by atoms with Crippen molar-refractivity contribution in [2.45, 2.75) is 26.3 Å². The van der Waals surface area contributed by atoms with Gasteiger partial charge in [0, 0.05) is 41.0 Å². The zero-order valence-corrected chi connectivity index (χ0v) is 11.5. The zero-order valence-electron chi connectivity index (χ0n) is 10.6. The van der Waals surface area contributed by atoms with Gasteiger partial charge < -0.3 is 11.1 Å². The molecule has 1 aromatic carbocycles. The number of hydrogen-bond acceptors (Lipinski definition) is 3. The molecule has 0 bridgehead atoms. The average Bonchev–Trinajstić information content (AvgIpc) is 2.39. The van der Waals surface area contributed by atoms with Crippen molar-refractivity contribution >= 4 is 22.4 Å². The molecule has 0 saturated heterocycles. The van der Waals surface area contributed by atoms with Gasteiger partial charge in [-0.05, 0) is 18.1 Å². The molecule has 0 spiro atoms. The summed E-state index contributed by atoms with van der Waals surface area (Å²) in [7, 11) is -0.796. The Hall–Kier alpha value is -1.20. The highest BCUT2D eigenvalue weighted by molar-refractivity contribution is 7.84. The smallest absolute Gasteiger partial charge is 0.224 e. The maximum Gasteiger partial charge on any atom is 0.224 e. The Morgan fingerprint density at radius 3 is 2.78 bits per heavy atom. The highest BCUT2D eigenvalue weighted by Crippen LogP contribution is 2.14. The molecule has 0 fully saturated rings. The van der Waals surface area contributed by atoms with Gasteiger partial charge in [0.1, 0.15) is 0 Å². The van der Waals surface area contributed by atoms with E-state index in [-0.39, 0.29) is 5.91 Å². The average molecular weight is 268 g/mol. The highest BCUT2D eigenvalue weighted by atomic mass is 32.2. The molecule has 1 atom stereocenters. The summed E-state index contributed by atoms with van der Waals surface area (Å²) < 4.78 is 11.2. The van der Waals surface area contributed by atoms with Crippen molar-refractivity contribution in [3.05, 3.63) is 29.8 Å². The molecule has 0 saturated carbocycles. The van der Waals surface area contributed by atoms with Crippen LogP contribution in [0.25, 0.3) is 0 Å². The molecule has 0 aliphatic carbocycles. The van der Waals surface area contributed by atoms with E-state index in [0.717, 1.165) is 11.3 Å². The van der Waals surface area contributed by atoms with Gasteiger partial charge in [-0.2, -0.15) is 0 Å². The maximum atomic E-state index is 11.7. The van der Waals surface area contributed by atoms with E-state index in [9.17, 15) is 9.00 Å². The molecule has 5 heteroatoms. The Labute approximate surface area is 110 Å². The Kier molecular flexibility index (Phi) is 6.60. The summed E-state index contributed by atoms with van der Waals surface area (Å²) in [6.07, 6.45) is 1.04. The summed E-state index contributed by atoms with van der Waals surface area (Å²) >= 11 is 0. The molecule has 0 heterocycles. The van der Waals surface area contributed by atoms with E-state index < -0.39 is 10.8 Å². The summed E-state index contributed by atoms with van der Waals surface area (Å²) in [4.78, 5) is 11.7. The monoisotopic (exact) mass is 268 g/mol. The lowest BCUT2D eigenvalue weighted by molar-refractivity contribution is -0.116. The molecule has 1 rings (SSSR count). The van der Waals surface area contributed by atoms with Crippen molar-refractivity contribution in [1.29, 1.82) is 0 Å². The lowest BCUT2D eigenvalue weighted by Gasteiger charge is -2.09. The number of carbonyl (C=O) groups excluding carboxylic acids is 1. The first kappa shape index (κ1) is 14.9. The molecular formula is C13H20N2O2S. The molecular weight excluding hydrogens is 248 g/mol. The molecule has 1 aromatic rings. The van der Waals surface area contributed by atoms with Gasteiger partial charge in [0.2, 0.25) is 5.91 Å². The Bertz CT molecular complexity index is 421. The standard InChI is InChI=1S/C13H20N2O2S/c1-2-18(17)9-5-8-13(16)15-12-7-4-3-6-11(12)10-14/h3-4,6-7H,2,5,8-10,14H2,1H3,(H,15,16). The minimum absolute atomic E-state index is 0.0518. The van der Waals surface area contributed by atoms with Crippen LogP contribution in [-0.4, -0.2) is 21.6 Å². The van der Waals surface area contributed by atoms with E-state index in [1.165, 1.54) is 0 Å². The van der Waals surface area contributed by atoms with Crippen LogP contribution in [0, 0.1) is 0 Å². The van der Waals surface area contributed by atoms with Crippen LogP contribution in [0.2, 0.25) is 0 Å². The molecule has 0 aliphatic heterocycles. The van der Waals surface area contributed by atoms with E-state index in [4.69, 9.17) is 5.73 Å². The van der Waals surface area contributed by atoms with Crippen LogP contribution < -0.4 is 11.1 Å². The van der Waals surface area contributed by atoms with Gasteiger partial charge in [-0.25, -0.2) is 0 Å². The van der Waals surface area contributed by atoms with Gasteiger partial charge in [-0.3, -0.25) is 9.00 Å². The van der Waals surface area contributed by atoms with Gasteiger partial charge >= 0.3 is 0 Å². The van der Waals surface area contributed by atoms with Crippen molar-refractivity contribution < 1.29 is 9.00 Å². The number of nitrogens with one attached hydrogen (secondary N) is 1. The third-order valence-corrected chi connectivity index (χ3v) is 4.00. The maximum absolute atomic E-state index is 11.7. The largest absolute Gasteiger partial charge is 0.326 e. The van der Waals surface area contributed by atoms with Crippen molar-refractivity contribution in [3.63, 3.8) is 0 Å². The first-order chi connectivity index (χ1) is 8.67. The molecule has 3 N–H and O–H groups in total. The number of benzene rings is 1. The SMILES string of the molecule is CCS(=O)CCCC(=O)Nc1ccccc1CN. The summed E-state index contributed by atoms with van der Waals surface area (Å²) in [6.45, 7) is 2.28. The number of anilines is 1. The van der Waals surface area contributed by atoms with Crippen LogP contribution in [0.5, 0.6) is 0 Å². The number of hydrogen-bond donors (Lipinski definition) is 2. The minimum atomic E-state index is -0.796. The fourth-order valence-corrected chi connectivity index (χ4v) is 2.33. The number of carbonyl (C=O) groups is 1. The molecule has 1 unspecified atom stereocenters. The van der Waals surface area contributed by atoms with E-state index in [2.05, 4.69) is 5.32 Å². The van der Waals surface area contributed by atoms with Crippen LogP contribution in [0.4, 0.5) is 5.69 Å². The zero-order chi connectivity index (χ0) is 13.4. The molecule has 100 valence electrons. The fourth-order valence-electron chi connectivity index (χ4n) is 1.57. The summed E-state index contributed by atoms with van der Waals surface area (Å²) in [5.74, 6) is 1.18. The van der Waals surface area contributed by atoms with Crippen LogP contribution in [-0.2, 0) is 22.1 Å².